The molecule has 0 N–H and O–H groups in total. The molecule has 0 amide bonds. The van der Waals surface area contributed by atoms with Crippen LogP contribution in [0.5, 0.6) is 5.75 Å². The van der Waals surface area contributed by atoms with Crippen LogP contribution in [-0.4, -0.2) is 4.98 Å². The highest BCUT2D eigenvalue weighted by Crippen LogP contribution is 2.22. The molecule has 20 heavy (non-hydrogen) atoms. The van der Waals surface area contributed by atoms with Crippen molar-refractivity contribution < 1.29 is 4.74 Å². The van der Waals surface area contributed by atoms with Gasteiger partial charge in [0.15, 0.2) is 0 Å². The lowest BCUT2D eigenvalue weighted by Gasteiger charge is -2.09. The fraction of sp³-hybridized carbons (Fsp3) is 0.0625. The van der Waals surface area contributed by atoms with Crippen molar-refractivity contribution in [1.29, 1.82) is 0 Å². The zero-order valence-electron chi connectivity index (χ0n) is 10.5. The predicted molar refractivity (Wildman–Crippen MR) is 90.2 cm³/mol. The van der Waals surface area contributed by atoms with Crippen LogP contribution in [0.3, 0.4) is 0 Å². The number of pyridine rings is 1. The van der Waals surface area contributed by atoms with Gasteiger partial charge in [0.25, 0.3) is 0 Å². The molecule has 0 unspecified atom stereocenters. The minimum absolute atomic E-state index is 0.413. The second kappa shape index (κ2) is 5.97. The van der Waals surface area contributed by atoms with Gasteiger partial charge in [-0.3, -0.25) is 0 Å². The monoisotopic (exact) mass is 395 g/mol. The summed E-state index contributed by atoms with van der Waals surface area (Å²) >= 11 is 8.47. The molecule has 1 aromatic heterocycles. The highest BCUT2D eigenvalue weighted by Gasteiger charge is 2.06. The summed E-state index contributed by atoms with van der Waals surface area (Å²) in [6.45, 7) is 0.413. The Hall–Kier alpha value is -1.33. The van der Waals surface area contributed by atoms with Crippen LogP contribution in [0.2, 0.25) is 5.15 Å². The second-order valence-corrected chi connectivity index (χ2v) is 5.98. The molecule has 0 bridgehead atoms. The molecule has 0 fully saturated rings. The number of aromatic nitrogens is 1. The third-order valence-electron chi connectivity index (χ3n) is 2.94. The van der Waals surface area contributed by atoms with Crippen LogP contribution in [0.4, 0.5) is 0 Å². The average Bonchev–Trinajstić information content (AvgIpc) is 2.45. The molecule has 0 spiro atoms. The van der Waals surface area contributed by atoms with Crippen molar-refractivity contribution in [1.82, 2.24) is 4.98 Å². The van der Waals surface area contributed by atoms with Gasteiger partial charge in [-0.2, -0.15) is 0 Å². The van der Waals surface area contributed by atoms with Crippen molar-refractivity contribution in [2.75, 3.05) is 0 Å². The molecule has 2 aromatic carbocycles. The predicted octanol–water partition coefficient (Wildman–Crippen LogP) is 5.07. The van der Waals surface area contributed by atoms with E-state index in [1.54, 1.807) is 0 Å². The lowest BCUT2D eigenvalue weighted by molar-refractivity contribution is 0.306. The molecule has 2 nitrogen and oxygen atoms in total. The van der Waals surface area contributed by atoms with E-state index in [2.05, 4.69) is 27.6 Å². The summed E-state index contributed by atoms with van der Waals surface area (Å²) in [6.07, 6.45) is 0. The number of para-hydroxylation sites is 1. The van der Waals surface area contributed by atoms with Gasteiger partial charge in [0.1, 0.15) is 17.5 Å². The van der Waals surface area contributed by atoms with Gasteiger partial charge in [0, 0.05) is 14.5 Å². The maximum atomic E-state index is 6.21. The molecule has 0 atom stereocenters. The summed E-state index contributed by atoms with van der Waals surface area (Å²) in [6, 6.07) is 17.9. The summed E-state index contributed by atoms with van der Waals surface area (Å²) in [5.74, 6) is 0.834. The number of fused-ring (bicyclic) bond motifs is 1. The first-order valence-electron chi connectivity index (χ1n) is 6.15. The van der Waals surface area contributed by atoms with Crippen molar-refractivity contribution in [2.24, 2.45) is 0 Å². The van der Waals surface area contributed by atoms with Crippen LogP contribution in [0.1, 0.15) is 5.56 Å². The summed E-state index contributed by atoms with van der Waals surface area (Å²) in [7, 11) is 0. The summed E-state index contributed by atoms with van der Waals surface area (Å²) in [5, 5.41) is 1.56. The van der Waals surface area contributed by atoms with E-state index in [0.717, 1.165) is 25.8 Å². The Kier molecular flexibility index (Phi) is 4.08. The van der Waals surface area contributed by atoms with Gasteiger partial charge in [0.2, 0.25) is 0 Å². The third kappa shape index (κ3) is 3.04. The molecule has 0 aliphatic carbocycles. The maximum absolute atomic E-state index is 6.21. The molecule has 1 heterocycles. The van der Waals surface area contributed by atoms with Gasteiger partial charge in [0.05, 0.1) is 5.52 Å². The van der Waals surface area contributed by atoms with E-state index in [-0.39, 0.29) is 0 Å². The normalized spacial score (nSPS) is 10.7. The first-order chi connectivity index (χ1) is 9.72. The Morgan fingerprint density at radius 2 is 1.90 bits per heavy atom. The van der Waals surface area contributed by atoms with E-state index >= 15 is 0 Å². The first-order valence-corrected chi connectivity index (χ1v) is 7.60. The number of ether oxygens (including phenoxy) is 1. The fourth-order valence-electron chi connectivity index (χ4n) is 1.96. The lowest BCUT2D eigenvalue weighted by Crippen LogP contribution is -1.98. The molecule has 0 radical (unpaired) electrons. The number of halogens is 2. The molecule has 0 saturated carbocycles. The van der Waals surface area contributed by atoms with Crippen LogP contribution >= 0.6 is 34.2 Å². The Morgan fingerprint density at radius 3 is 2.75 bits per heavy atom. The molecule has 3 aromatic rings. The van der Waals surface area contributed by atoms with Crippen molar-refractivity contribution in [3.8, 4) is 5.75 Å². The zero-order valence-corrected chi connectivity index (χ0v) is 13.4. The van der Waals surface area contributed by atoms with Gasteiger partial charge in [-0.05, 0) is 52.9 Å². The van der Waals surface area contributed by atoms with Crippen LogP contribution in [0.25, 0.3) is 10.9 Å². The van der Waals surface area contributed by atoms with Crippen LogP contribution in [-0.2, 0) is 6.61 Å². The molecule has 0 saturated heterocycles. The molecule has 100 valence electrons. The van der Waals surface area contributed by atoms with Gasteiger partial charge < -0.3 is 4.74 Å². The average molecular weight is 396 g/mol. The van der Waals surface area contributed by atoms with E-state index in [4.69, 9.17) is 16.3 Å². The minimum atomic E-state index is 0.413. The molecule has 3 rings (SSSR count). The van der Waals surface area contributed by atoms with Gasteiger partial charge in [-0.25, -0.2) is 4.98 Å². The zero-order chi connectivity index (χ0) is 13.9. The number of hydrogen-bond donors (Lipinski definition) is 0. The van der Waals surface area contributed by atoms with Gasteiger partial charge in [-0.1, -0.05) is 35.9 Å². The Morgan fingerprint density at radius 1 is 1.05 bits per heavy atom. The number of hydrogen-bond acceptors (Lipinski definition) is 2. The van der Waals surface area contributed by atoms with Crippen molar-refractivity contribution >= 4 is 45.1 Å². The summed E-state index contributed by atoms with van der Waals surface area (Å²) in [4.78, 5) is 4.39. The van der Waals surface area contributed by atoms with E-state index in [1.165, 1.54) is 0 Å². The highest BCUT2D eigenvalue weighted by molar-refractivity contribution is 14.1. The SMILES string of the molecule is Clc1nc2ccccc2cc1COc1cccc(I)c1. The number of benzene rings is 2. The number of rotatable bonds is 3. The second-order valence-electron chi connectivity index (χ2n) is 4.38. The summed E-state index contributed by atoms with van der Waals surface area (Å²) in [5.41, 5.74) is 1.79. The largest absolute Gasteiger partial charge is 0.489 e. The molecular weight excluding hydrogens is 385 g/mol. The van der Waals surface area contributed by atoms with E-state index in [0.29, 0.717) is 11.8 Å². The molecule has 0 aliphatic heterocycles. The van der Waals surface area contributed by atoms with Gasteiger partial charge in [-0.15, -0.1) is 0 Å². The molecule has 0 aliphatic rings. The van der Waals surface area contributed by atoms with Crippen molar-refractivity contribution in [3.63, 3.8) is 0 Å². The van der Waals surface area contributed by atoms with Crippen LogP contribution < -0.4 is 4.74 Å². The standard InChI is InChI=1S/C16H11ClINO/c17-16-12(8-11-4-1-2-7-15(11)19-16)10-20-14-6-3-5-13(18)9-14/h1-9H,10H2. The van der Waals surface area contributed by atoms with Crippen LogP contribution in [0.15, 0.2) is 54.6 Å². The Bertz CT molecular complexity index is 760. The van der Waals surface area contributed by atoms with Gasteiger partial charge >= 0.3 is 0 Å². The smallest absolute Gasteiger partial charge is 0.136 e. The first kappa shape index (κ1) is 13.6. The lowest BCUT2D eigenvalue weighted by atomic mass is 10.2. The third-order valence-corrected chi connectivity index (χ3v) is 3.94. The van der Waals surface area contributed by atoms with Crippen molar-refractivity contribution in [3.05, 3.63) is 68.9 Å². The Balaban J connectivity index is 1.85. The quantitative estimate of drug-likeness (QED) is 0.456. The number of nitrogens with zero attached hydrogens (tertiary/aromatic N) is 1. The van der Waals surface area contributed by atoms with E-state index in [1.807, 2.05) is 54.6 Å². The van der Waals surface area contributed by atoms with Crippen LogP contribution in [0, 0.1) is 3.57 Å². The maximum Gasteiger partial charge on any atom is 0.136 e. The summed E-state index contributed by atoms with van der Waals surface area (Å²) < 4.78 is 6.91. The van der Waals surface area contributed by atoms with E-state index < -0.39 is 0 Å². The molecular formula is C16H11ClINO. The Labute approximate surface area is 135 Å². The fourth-order valence-corrected chi connectivity index (χ4v) is 2.67. The highest BCUT2D eigenvalue weighted by atomic mass is 127. The molecule has 4 heteroatoms. The van der Waals surface area contributed by atoms with E-state index in [9.17, 15) is 0 Å². The topological polar surface area (TPSA) is 22.1 Å². The van der Waals surface area contributed by atoms with Crippen molar-refractivity contribution in [2.45, 2.75) is 6.61 Å². The minimum Gasteiger partial charge on any atom is -0.489 e.